The summed E-state index contributed by atoms with van der Waals surface area (Å²) in [4.78, 5) is 77.8. The van der Waals surface area contributed by atoms with Crippen molar-refractivity contribution in [3.63, 3.8) is 0 Å². The molecule has 2 amide bonds. The summed E-state index contributed by atoms with van der Waals surface area (Å²) in [6, 6.07) is 2.15. The summed E-state index contributed by atoms with van der Waals surface area (Å²) in [6.45, 7) is 10.2. The van der Waals surface area contributed by atoms with Crippen LogP contribution in [-0.4, -0.2) is 106 Å². The quantitative estimate of drug-likeness (QED) is 0.0510. The van der Waals surface area contributed by atoms with Crippen molar-refractivity contribution in [1.29, 1.82) is 0 Å². The van der Waals surface area contributed by atoms with Gasteiger partial charge >= 0.3 is 11.9 Å². The highest BCUT2D eigenvalue weighted by molar-refractivity contribution is 7.94. The summed E-state index contributed by atoms with van der Waals surface area (Å²) in [5, 5.41) is 16.2. The number of anilines is 3. The summed E-state index contributed by atoms with van der Waals surface area (Å²) in [7, 11) is -3.71. The fourth-order valence-corrected chi connectivity index (χ4v) is 5.52. The van der Waals surface area contributed by atoms with Gasteiger partial charge < -0.3 is 39.6 Å². The number of aromatic nitrogens is 3. The summed E-state index contributed by atoms with van der Waals surface area (Å²) < 4.78 is 34.9. The third-order valence-electron chi connectivity index (χ3n) is 7.01. The van der Waals surface area contributed by atoms with Crippen LogP contribution in [-0.2, 0) is 39.4 Å². The second-order valence-corrected chi connectivity index (χ2v) is 18.8. The molecule has 22 heteroatoms. The van der Waals surface area contributed by atoms with Crippen molar-refractivity contribution in [2.45, 2.75) is 85.1 Å². The van der Waals surface area contributed by atoms with Crippen molar-refractivity contribution in [1.82, 2.24) is 20.3 Å². The Hall–Kier alpha value is -3.58. The predicted octanol–water partition coefficient (Wildman–Crippen LogP) is 5.16. The van der Waals surface area contributed by atoms with E-state index < -0.39 is 56.6 Å². The number of aliphatic carboxylic acids is 1. The zero-order valence-electron chi connectivity index (χ0n) is 34.1. The molecule has 0 bridgehead atoms. The minimum Gasteiger partial charge on any atom is -0.778 e. The highest BCUT2D eigenvalue weighted by Gasteiger charge is 2.41. The molecule has 326 valence electrons. The molecule has 58 heavy (non-hydrogen) atoms. The fraction of sp³-hybridized carbons (Fsp3) is 0.583. The number of hydrogen-bond acceptors (Lipinski definition) is 14. The number of carboxylic acid groups (broad SMARTS) is 1. The van der Waals surface area contributed by atoms with E-state index in [1.165, 1.54) is 6.07 Å². The van der Waals surface area contributed by atoms with Gasteiger partial charge in [0.25, 0.3) is 11.8 Å². The third-order valence-corrected chi connectivity index (χ3v) is 8.09. The Kier molecular flexibility index (Phi) is 23.3. The average molecular weight is 899 g/mol. The molecule has 1 aliphatic heterocycles. The van der Waals surface area contributed by atoms with Crippen LogP contribution in [0.1, 0.15) is 79.6 Å². The molecular formula is C36H55Cl2FN7O10PS. The number of imide groups is 1. The lowest BCUT2D eigenvalue weighted by atomic mass is 9.93. The Labute approximate surface area is 351 Å². The number of benzene rings is 1. The lowest BCUT2D eigenvalue weighted by Gasteiger charge is -2.20. The summed E-state index contributed by atoms with van der Waals surface area (Å²) in [6.07, 6.45) is 11.3. The van der Waals surface area contributed by atoms with Crippen LogP contribution in [0, 0.1) is 5.82 Å². The number of ether oxygens (including phenoxy) is 2. The first kappa shape index (κ1) is 52.4. The molecule has 4 rings (SSSR count). The molecule has 1 atom stereocenters. The van der Waals surface area contributed by atoms with E-state index >= 15 is 0 Å². The smallest absolute Gasteiger partial charge is 0.344 e. The van der Waals surface area contributed by atoms with Crippen molar-refractivity contribution >= 4 is 83.0 Å². The molecule has 1 aromatic carbocycles. The van der Waals surface area contributed by atoms with Crippen LogP contribution in [0.25, 0.3) is 0 Å². The lowest BCUT2D eigenvalue weighted by Crippen LogP contribution is -2.32. The standard InChI is InChI=1S/C21H23ClFNO5.C9H16ClN5.C3H8NO5P.C3H9S/c1-2-3-6-9-28-19(25)12-29-18-11-17(16(23)10-15(18)22)24-20(26)13-7-4-5-8-14(13)21(24)27;1-5-11-7-12-6(10)13-8(14-7)15-9(2,3)4;5-3(6)1-4-2-10(7,8)9;1-4(2)3/h10-11H,2-9,12H2,1H3;5H2,1-4H3,(H2,11,12,13,14,15);4H,1-2H2,(H,5,6)(H2,7,8,9);1-3H3/q;;;+1/p-1. The van der Waals surface area contributed by atoms with E-state index in [4.69, 9.17) is 42.7 Å². The zero-order chi connectivity index (χ0) is 44.2. The number of carbonyl (C=O) groups excluding carboxylic acids is 3. The van der Waals surface area contributed by atoms with E-state index in [9.17, 15) is 33.0 Å². The molecule has 0 saturated heterocycles. The van der Waals surface area contributed by atoms with Crippen molar-refractivity contribution in [2.75, 3.05) is 66.9 Å². The maximum atomic E-state index is 14.5. The van der Waals surface area contributed by atoms with E-state index in [1.807, 2.05) is 39.9 Å². The highest BCUT2D eigenvalue weighted by Crippen LogP contribution is 2.39. The fourth-order valence-electron chi connectivity index (χ4n) is 4.76. The van der Waals surface area contributed by atoms with Gasteiger partial charge in [-0.3, -0.25) is 19.7 Å². The third kappa shape index (κ3) is 20.9. The number of carboxylic acids is 1. The van der Waals surface area contributed by atoms with Gasteiger partial charge in [-0.2, -0.15) is 15.0 Å². The number of rotatable bonds is 15. The van der Waals surface area contributed by atoms with Crippen molar-refractivity contribution in [2.24, 2.45) is 0 Å². The van der Waals surface area contributed by atoms with Crippen molar-refractivity contribution < 1.29 is 52.5 Å². The SMILES string of the molecule is CCCCCOC(=O)COc1cc(N2C(=O)C3=C(CCCC3)C2=O)c(F)cc1Cl.CCNc1nc(Cl)nc(NC(C)(C)C)n1.C[S+](C)C.O=C(O)CNCP(=O)([O-])O. The van der Waals surface area contributed by atoms with Crippen LogP contribution < -0.4 is 30.5 Å². The van der Waals surface area contributed by atoms with Gasteiger partial charge in [-0.1, -0.05) is 31.4 Å². The number of nitrogens with zero attached hydrogens (tertiary/aromatic N) is 4. The van der Waals surface area contributed by atoms with Crippen molar-refractivity contribution in [3.8, 4) is 5.75 Å². The number of amides is 2. The van der Waals surface area contributed by atoms with E-state index in [-0.39, 0.29) is 27.3 Å². The lowest BCUT2D eigenvalue weighted by molar-refractivity contribution is -0.193. The Morgan fingerprint density at radius 3 is 2.09 bits per heavy atom. The first-order valence-electron chi connectivity index (χ1n) is 18.3. The Balaban J connectivity index is 0.000000482. The number of halogens is 3. The Bertz CT molecular complexity index is 1750. The van der Waals surface area contributed by atoms with Crippen LogP contribution in [0.3, 0.4) is 0 Å². The van der Waals surface area contributed by atoms with E-state index in [2.05, 4.69) is 44.4 Å². The largest absolute Gasteiger partial charge is 0.778 e. The molecule has 2 aromatic rings. The average Bonchev–Trinajstić information content (AvgIpc) is 3.34. The molecule has 2 heterocycles. The minimum absolute atomic E-state index is 0.000883. The first-order valence-corrected chi connectivity index (χ1v) is 23.2. The van der Waals surface area contributed by atoms with Crippen molar-refractivity contribution in [3.05, 3.63) is 39.4 Å². The maximum Gasteiger partial charge on any atom is 0.344 e. The predicted molar refractivity (Wildman–Crippen MR) is 223 cm³/mol. The molecular weight excluding hydrogens is 843 g/mol. The number of carbonyl (C=O) groups is 4. The molecule has 0 radical (unpaired) electrons. The van der Waals surface area contributed by atoms with Gasteiger partial charge in [0, 0.05) is 29.3 Å². The first-order chi connectivity index (χ1) is 27.0. The molecule has 5 N–H and O–H groups in total. The normalized spacial score (nSPS) is 14.5. The van der Waals surface area contributed by atoms with Gasteiger partial charge in [-0.05, 0) is 88.4 Å². The van der Waals surface area contributed by atoms with E-state index in [0.29, 0.717) is 53.4 Å². The number of nitrogens with one attached hydrogen (secondary N) is 3. The summed E-state index contributed by atoms with van der Waals surface area (Å²) in [5.41, 5.74) is 0.571. The van der Waals surface area contributed by atoms with Gasteiger partial charge in [0.1, 0.15) is 19.2 Å². The molecule has 17 nitrogen and oxygen atoms in total. The molecule has 1 aliphatic carbocycles. The monoisotopic (exact) mass is 897 g/mol. The van der Waals surface area contributed by atoms with Gasteiger partial charge in [0.15, 0.2) is 6.61 Å². The summed E-state index contributed by atoms with van der Waals surface area (Å²) in [5.74, 6) is -2.60. The van der Waals surface area contributed by atoms with Gasteiger partial charge in [-0.25, -0.2) is 14.1 Å². The maximum absolute atomic E-state index is 14.5. The van der Waals surface area contributed by atoms with E-state index in [1.54, 1.807) is 0 Å². The van der Waals surface area contributed by atoms with Crippen LogP contribution in [0.5, 0.6) is 5.75 Å². The molecule has 1 unspecified atom stereocenters. The summed E-state index contributed by atoms with van der Waals surface area (Å²) >= 11 is 11.8. The van der Waals surface area contributed by atoms with Crippen LogP contribution in [0.2, 0.25) is 10.3 Å². The minimum atomic E-state index is -4.35. The van der Waals surface area contributed by atoms with Crippen LogP contribution >= 0.6 is 30.8 Å². The molecule has 1 aromatic heterocycles. The van der Waals surface area contributed by atoms with E-state index in [0.717, 1.165) is 49.6 Å². The zero-order valence-corrected chi connectivity index (χ0v) is 37.3. The Morgan fingerprint density at radius 1 is 1.02 bits per heavy atom. The van der Waals surface area contributed by atoms with Gasteiger partial charge in [0.2, 0.25) is 17.2 Å². The topological polar surface area (TPSA) is 245 Å². The number of esters is 1. The Morgan fingerprint density at radius 2 is 1.59 bits per heavy atom. The van der Waals surface area contributed by atoms with Gasteiger partial charge in [0.05, 0.1) is 48.9 Å². The highest BCUT2D eigenvalue weighted by atomic mass is 35.5. The number of hydrogen-bond donors (Lipinski definition) is 5. The second-order valence-electron chi connectivity index (χ2n) is 14.1. The molecule has 2 aliphatic rings. The molecule has 0 fully saturated rings. The second kappa shape index (κ2) is 25.8. The molecule has 0 spiro atoms. The van der Waals surface area contributed by atoms with Gasteiger partial charge in [-0.15, -0.1) is 0 Å². The van der Waals surface area contributed by atoms with Crippen LogP contribution in [0.15, 0.2) is 23.3 Å². The molecule has 0 saturated carbocycles. The number of unbranched alkanes of at least 4 members (excludes halogenated alkanes) is 2. The van der Waals surface area contributed by atoms with Crippen LogP contribution in [0.4, 0.5) is 22.0 Å².